The maximum atomic E-state index is 12.3. The van der Waals surface area contributed by atoms with Crippen LogP contribution in [0.5, 0.6) is 5.75 Å². The van der Waals surface area contributed by atoms with Crippen molar-refractivity contribution < 1.29 is 4.74 Å². The van der Waals surface area contributed by atoms with Crippen molar-refractivity contribution in [3.63, 3.8) is 0 Å². The fourth-order valence-corrected chi connectivity index (χ4v) is 3.52. The van der Waals surface area contributed by atoms with Crippen molar-refractivity contribution >= 4 is 5.70 Å². The summed E-state index contributed by atoms with van der Waals surface area (Å²) in [5.41, 5.74) is 9.04. The Bertz CT molecular complexity index is 1160. The third kappa shape index (κ3) is 3.73. The summed E-state index contributed by atoms with van der Waals surface area (Å²) in [6.45, 7) is 8.35. The minimum Gasteiger partial charge on any atom is -0.489 e. The monoisotopic (exact) mass is 406 g/mol. The number of rotatable bonds is 6. The Balaban J connectivity index is 1.56. The van der Waals surface area contributed by atoms with Crippen LogP contribution in [0.1, 0.15) is 29.2 Å². The molecule has 0 spiro atoms. The van der Waals surface area contributed by atoms with Crippen LogP contribution >= 0.6 is 0 Å². The highest BCUT2D eigenvalue weighted by Crippen LogP contribution is 2.26. The molecular weight excluding hydrogens is 380 g/mol. The van der Waals surface area contributed by atoms with E-state index in [1.165, 1.54) is 9.36 Å². The number of nitrogens with zero attached hydrogens (tertiary/aromatic N) is 5. The van der Waals surface area contributed by atoms with Crippen molar-refractivity contribution in [2.24, 2.45) is 7.05 Å². The van der Waals surface area contributed by atoms with Crippen molar-refractivity contribution in [3.8, 4) is 11.4 Å². The molecule has 1 aliphatic rings. The van der Waals surface area contributed by atoms with E-state index in [-0.39, 0.29) is 5.69 Å². The van der Waals surface area contributed by atoms with Gasteiger partial charge in [0, 0.05) is 25.7 Å². The molecule has 8 nitrogen and oxygen atoms in total. The summed E-state index contributed by atoms with van der Waals surface area (Å²) in [5.74, 6) is 0.811. The van der Waals surface area contributed by atoms with Crippen molar-refractivity contribution in [3.05, 3.63) is 75.2 Å². The first kappa shape index (κ1) is 19.9. The van der Waals surface area contributed by atoms with Crippen molar-refractivity contribution in [2.75, 3.05) is 13.1 Å². The van der Waals surface area contributed by atoms with Gasteiger partial charge in [-0.2, -0.15) is 9.36 Å². The Kier molecular flexibility index (Phi) is 5.41. The molecule has 2 heterocycles. The molecule has 0 saturated carbocycles. The Hall–Kier alpha value is -3.39. The van der Waals surface area contributed by atoms with Gasteiger partial charge in [0.2, 0.25) is 0 Å². The summed E-state index contributed by atoms with van der Waals surface area (Å²) in [5, 5.41) is 9.95. The van der Waals surface area contributed by atoms with Gasteiger partial charge in [-0.05, 0) is 71.3 Å². The van der Waals surface area contributed by atoms with E-state index in [1.54, 1.807) is 7.05 Å². The number of aryl methyl sites for hydroxylation is 3. The van der Waals surface area contributed by atoms with Gasteiger partial charge < -0.3 is 10.2 Å². The van der Waals surface area contributed by atoms with Crippen molar-refractivity contribution in [1.82, 2.24) is 30.2 Å². The molecule has 0 saturated heterocycles. The van der Waals surface area contributed by atoms with Gasteiger partial charge in [-0.3, -0.25) is 0 Å². The molecule has 1 N–H and O–H groups in total. The molecule has 0 atom stereocenters. The highest BCUT2D eigenvalue weighted by molar-refractivity contribution is 5.66. The predicted octanol–water partition coefficient (Wildman–Crippen LogP) is 2.34. The molecule has 0 unspecified atom stereocenters. The topological polar surface area (TPSA) is 77.2 Å². The first-order chi connectivity index (χ1) is 14.5. The van der Waals surface area contributed by atoms with Crippen LogP contribution in [0.15, 0.2) is 47.3 Å². The molecule has 30 heavy (non-hydrogen) atoms. The summed E-state index contributed by atoms with van der Waals surface area (Å²) in [7, 11) is 1.58. The van der Waals surface area contributed by atoms with Crippen LogP contribution in [0.4, 0.5) is 0 Å². The lowest BCUT2D eigenvalue weighted by Gasteiger charge is -2.17. The molecule has 0 radical (unpaired) electrons. The van der Waals surface area contributed by atoms with E-state index >= 15 is 0 Å². The second-order valence-corrected chi connectivity index (χ2v) is 7.41. The second-order valence-electron chi connectivity index (χ2n) is 7.41. The molecule has 1 aliphatic heterocycles. The quantitative estimate of drug-likeness (QED) is 0.677. The molecule has 0 amide bonds. The minimum absolute atomic E-state index is 0.291. The predicted molar refractivity (Wildman–Crippen MR) is 115 cm³/mol. The zero-order valence-corrected chi connectivity index (χ0v) is 17.7. The van der Waals surface area contributed by atoms with Gasteiger partial charge in [0.15, 0.2) is 0 Å². The van der Waals surface area contributed by atoms with E-state index in [0.29, 0.717) is 12.3 Å². The molecule has 2 aromatic carbocycles. The number of tetrazole rings is 1. The van der Waals surface area contributed by atoms with Crippen LogP contribution in [0.25, 0.3) is 11.4 Å². The Morgan fingerprint density at radius 1 is 1.13 bits per heavy atom. The number of hydrogen-bond acceptors (Lipinski definition) is 6. The molecule has 4 rings (SSSR count). The lowest BCUT2D eigenvalue weighted by atomic mass is 10.1. The van der Waals surface area contributed by atoms with E-state index in [0.717, 1.165) is 46.8 Å². The minimum atomic E-state index is -0.291. The maximum Gasteiger partial charge on any atom is 0.368 e. The summed E-state index contributed by atoms with van der Waals surface area (Å²) in [6, 6.07) is 11.9. The van der Waals surface area contributed by atoms with E-state index in [1.807, 2.05) is 38.1 Å². The fraction of sp³-hybridized carbons (Fsp3) is 0.318. The Labute approximate surface area is 175 Å². The van der Waals surface area contributed by atoms with Gasteiger partial charge in [0.25, 0.3) is 0 Å². The standard InChI is InChI=1S/C22H26N6O2/c1-5-27-12-11-19(23-27)17-9-10-21(16(3)13-17)30-14-18-15(2)7-6-8-20(18)28-22(29)26(4)24-25-28/h6-11,13,23H,5,12,14H2,1-4H3. The van der Waals surface area contributed by atoms with Crippen LogP contribution in [-0.4, -0.2) is 37.9 Å². The molecule has 156 valence electrons. The fourth-order valence-electron chi connectivity index (χ4n) is 3.52. The largest absolute Gasteiger partial charge is 0.489 e. The third-order valence-electron chi connectivity index (χ3n) is 5.37. The summed E-state index contributed by atoms with van der Waals surface area (Å²) in [6.07, 6.45) is 2.19. The number of benzene rings is 2. The van der Waals surface area contributed by atoms with Gasteiger partial charge >= 0.3 is 5.69 Å². The van der Waals surface area contributed by atoms with Crippen LogP contribution in [0.2, 0.25) is 0 Å². The number of hydrazine groups is 1. The van der Waals surface area contributed by atoms with Crippen LogP contribution in [0.3, 0.4) is 0 Å². The maximum absolute atomic E-state index is 12.3. The Morgan fingerprint density at radius 3 is 2.63 bits per heavy atom. The highest BCUT2D eigenvalue weighted by Gasteiger charge is 2.16. The van der Waals surface area contributed by atoms with E-state index in [9.17, 15) is 4.79 Å². The van der Waals surface area contributed by atoms with Crippen LogP contribution < -0.4 is 15.9 Å². The smallest absolute Gasteiger partial charge is 0.368 e. The van der Waals surface area contributed by atoms with Crippen LogP contribution in [-0.2, 0) is 13.7 Å². The summed E-state index contributed by atoms with van der Waals surface area (Å²) in [4.78, 5) is 12.3. The van der Waals surface area contributed by atoms with E-state index in [2.05, 4.69) is 46.0 Å². The Morgan fingerprint density at radius 2 is 1.97 bits per heavy atom. The number of likely N-dealkylation sites (N-methyl/N-ethyl adjacent to an activating group) is 1. The zero-order chi connectivity index (χ0) is 21.3. The van der Waals surface area contributed by atoms with Gasteiger partial charge in [0.1, 0.15) is 12.4 Å². The van der Waals surface area contributed by atoms with Gasteiger partial charge in [-0.1, -0.05) is 19.1 Å². The van der Waals surface area contributed by atoms with Gasteiger partial charge in [0.05, 0.1) is 11.4 Å². The van der Waals surface area contributed by atoms with Crippen LogP contribution in [0, 0.1) is 13.8 Å². The molecule has 0 aliphatic carbocycles. The van der Waals surface area contributed by atoms with Gasteiger partial charge in [-0.15, -0.1) is 0 Å². The molecule has 0 bridgehead atoms. The van der Waals surface area contributed by atoms with E-state index < -0.39 is 0 Å². The van der Waals surface area contributed by atoms with Crippen molar-refractivity contribution in [1.29, 1.82) is 0 Å². The first-order valence-electron chi connectivity index (χ1n) is 10.0. The SMILES string of the molecule is CCN1CC=C(c2ccc(OCc3c(C)cccc3-n3nnn(C)c3=O)c(C)c2)N1. The molecule has 0 fully saturated rings. The van der Waals surface area contributed by atoms with E-state index in [4.69, 9.17) is 4.74 Å². The number of hydrogen-bond donors (Lipinski definition) is 1. The second kappa shape index (κ2) is 8.16. The van der Waals surface area contributed by atoms with Gasteiger partial charge in [-0.25, -0.2) is 9.80 Å². The molecule has 3 aromatic rings. The zero-order valence-electron chi connectivity index (χ0n) is 17.7. The summed E-state index contributed by atoms with van der Waals surface area (Å²) < 4.78 is 8.67. The average Bonchev–Trinajstić information content (AvgIpc) is 3.35. The van der Waals surface area contributed by atoms with Crippen molar-refractivity contribution in [2.45, 2.75) is 27.4 Å². The normalized spacial score (nSPS) is 13.9. The average molecular weight is 406 g/mol. The molecule has 8 heteroatoms. The number of aromatic nitrogens is 4. The lowest BCUT2D eigenvalue weighted by molar-refractivity contribution is 0.287. The lowest BCUT2D eigenvalue weighted by Crippen LogP contribution is -2.31. The molecule has 1 aromatic heterocycles. The summed E-state index contributed by atoms with van der Waals surface area (Å²) >= 11 is 0. The third-order valence-corrected chi connectivity index (χ3v) is 5.37. The highest BCUT2D eigenvalue weighted by atomic mass is 16.5. The number of ether oxygens (including phenoxy) is 1. The molecular formula is C22H26N6O2. The first-order valence-corrected chi connectivity index (χ1v) is 10.0. The number of nitrogens with one attached hydrogen (secondary N) is 1.